The smallest absolute Gasteiger partial charge is 0 e. The molecule has 2 N–H and O–H groups in total. The van der Waals surface area contributed by atoms with E-state index in [1.807, 2.05) is 26.8 Å². The van der Waals surface area contributed by atoms with E-state index in [1.165, 1.54) is 0 Å². The molecule has 253 valence electrons. The number of nitrogens with two attached hydrogens (primary N) is 1. The Morgan fingerprint density at radius 2 is 1.19 bits per heavy atom. The van der Waals surface area contributed by atoms with Gasteiger partial charge < -0.3 is 19.6 Å². The van der Waals surface area contributed by atoms with Crippen LogP contribution in [0.5, 0.6) is 0 Å². The SMILES string of the molecule is C.CC(C)(C)C(=O)Cc1cncc(Br)c1.CC(C)(C)C(=O)Cl.CC(C)I.Nc1cncc(Br)c1.[CH2-]C.[CH2-]C.[I][V]([I])[I].[V]. The summed E-state index contributed by atoms with van der Waals surface area (Å²) >= 11 is 21.4. The minimum absolute atomic E-state index is 0. The van der Waals surface area contributed by atoms with Gasteiger partial charge in [-0.3, -0.25) is 19.6 Å². The standard InChI is InChI=1S/C11H14BrNO.C5H5BrN2.C5H9ClO.C3H7I.2C2H5.CH4.3HI.2V/c1-11(2,3)10(14)5-8-4-9(12)7-13-6-8;6-4-1-5(7)3-8-2-4;1-5(2,3)4(6)7;1-3(2)4;2*1-2;;;;;;/h4,6-7H,5H2,1-3H3;1-3H,7H2;1-3H3;3H,1-2H3;2*1H2,2H3;1H4;3*1H;;/q;;;;2*-1;;;;;;+3/p-3. The van der Waals surface area contributed by atoms with Crippen LogP contribution < -0.4 is 5.73 Å². The molecular weight excluding hydrogens is 1230 g/mol. The second kappa shape index (κ2) is 37.6. The zero-order valence-electron chi connectivity index (χ0n) is 26.0. The quantitative estimate of drug-likeness (QED) is 0.140. The number of carbonyl (C=O) groups is 2. The Bertz CT molecular complexity index is 908. The van der Waals surface area contributed by atoms with Crippen molar-refractivity contribution in [1.82, 2.24) is 9.97 Å². The molecule has 0 aromatic carbocycles. The van der Waals surface area contributed by atoms with Crippen LogP contribution in [0.15, 0.2) is 45.9 Å². The van der Waals surface area contributed by atoms with Gasteiger partial charge in [0.25, 0.3) is 0 Å². The molecular formula is C29H49Br2ClI4N3O2V2-2. The van der Waals surface area contributed by atoms with Crippen LogP contribution in [0.4, 0.5) is 5.69 Å². The van der Waals surface area contributed by atoms with Gasteiger partial charge in [-0.25, -0.2) is 0 Å². The summed E-state index contributed by atoms with van der Waals surface area (Å²) in [5, 5.41) is -0.285. The molecule has 0 amide bonds. The first kappa shape index (κ1) is 61.0. The Kier molecular flexibility index (Phi) is 53.4. The summed E-state index contributed by atoms with van der Waals surface area (Å²) in [6, 6.07) is 3.73. The number of rotatable bonds is 2. The number of hydrogen-bond acceptors (Lipinski definition) is 5. The molecule has 0 aliphatic heterocycles. The first-order chi connectivity index (χ1) is 18.6. The number of nitrogens with zero attached hydrogens (tertiary/aromatic N) is 2. The van der Waals surface area contributed by atoms with E-state index < -0.39 is 0 Å². The van der Waals surface area contributed by atoms with Gasteiger partial charge in [0.1, 0.15) is 5.78 Å². The molecule has 0 unspecified atom stereocenters. The second-order valence-electron chi connectivity index (χ2n) is 9.53. The van der Waals surface area contributed by atoms with Crippen LogP contribution in [0, 0.1) is 24.7 Å². The first-order valence-electron chi connectivity index (χ1n) is 12.1. The number of aromatic nitrogens is 2. The number of halogens is 7. The average molecular weight is 1280 g/mol. The van der Waals surface area contributed by atoms with Gasteiger partial charge in [0.15, 0.2) is 0 Å². The first-order valence-corrected chi connectivity index (χ1v) is 28.8. The van der Waals surface area contributed by atoms with E-state index in [0.29, 0.717) is 12.1 Å². The van der Waals surface area contributed by atoms with Crippen molar-refractivity contribution >= 4 is 143 Å². The van der Waals surface area contributed by atoms with Crippen molar-refractivity contribution in [3.05, 3.63) is 65.3 Å². The van der Waals surface area contributed by atoms with E-state index in [1.54, 1.807) is 65.5 Å². The summed E-state index contributed by atoms with van der Waals surface area (Å²) in [7, 11) is 0. The summed E-state index contributed by atoms with van der Waals surface area (Å²) in [5.74, 6) is 0.234. The molecule has 2 aromatic heterocycles. The molecule has 43 heavy (non-hydrogen) atoms. The Balaban J connectivity index is -0.0000000778. The van der Waals surface area contributed by atoms with E-state index in [4.69, 9.17) is 17.3 Å². The molecule has 2 heterocycles. The van der Waals surface area contributed by atoms with E-state index in [0.717, 1.165) is 18.4 Å². The molecule has 2 aromatic rings. The number of pyridine rings is 2. The summed E-state index contributed by atoms with van der Waals surface area (Å²) in [6.45, 7) is 25.4. The minimum atomic E-state index is -0.373. The van der Waals surface area contributed by atoms with Gasteiger partial charge in [-0.05, 0) is 61.2 Å². The van der Waals surface area contributed by atoms with Crippen molar-refractivity contribution < 1.29 is 33.1 Å². The van der Waals surface area contributed by atoms with Gasteiger partial charge in [0.2, 0.25) is 5.24 Å². The summed E-state index contributed by atoms with van der Waals surface area (Å²) in [5.41, 5.74) is 6.35. The minimum Gasteiger partial charge on any atom is 0 e. The van der Waals surface area contributed by atoms with Crippen molar-refractivity contribution in [2.75, 3.05) is 5.73 Å². The summed E-state index contributed by atoms with van der Waals surface area (Å²) < 4.78 is 2.63. The third-order valence-corrected chi connectivity index (χ3v) is 4.71. The molecule has 0 aliphatic carbocycles. The largest absolute Gasteiger partial charge is 0 e. The third kappa shape index (κ3) is 54.5. The summed E-state index contributed by atoms with van der Waals surface area (Å²) in [4.78, 5) is 29.5. The van der Waals surface area contributed by atoms with Gasteiger partial charge in [-0.2, -0.15) is 13.8 Å². The van der Waals surface area contributed by atoms with Gasteiger partial charge >= 0.3 is 64.9 Å². The van der Waals surface area contributed by atoms with Crippen LogP contribution in [0.3, 0.4) is 0 Å². The average Bonchev–Trinajstić information content (AvgIpc) is 2.80. The van der Waals surface area contributed by atoms with Crippen molar-refractivity contribution in [2.45, 2.75) is 87.0 Å². The van der Waals surface area contributed by atoms with Crippen molar-refractivity contribution in [3.63, 3.8) is 0 Å². The van der Waals surface area contributed by atoms with Crippen LogP contribution >= 0.6 is 126 Å². The van der Waals surface area contributed by atoms with Crippen LogP contribution in [0.1, 0.15) is 82.2 Å². The number of Topliss-reactive ketones (excluding diaryl/α,β-unsaturated/α-hetero) is 1. The second-order valence-corrected chi connectivity index (χ2v) is 49.6. The van der Waals surface area contributed by atoms with Crippen LogP contribution in [-0.4, -0.2) is 24.9 Å². The monoisotopic (exact) mass is 1270 g/mol. The molecule has 5 nitrogen and oxygen atoms in total. The molecule has 0 aliphatic rings. The number of alkyl halides is 1. The fourth-order valence-corrected chi connectivity index (χ4v) is 2.23. The van der Waals surface area contributed by atoms with Gasteiger partial charge in [-0.1, -0.05) is 85.4 Å². The van der Waals surface area contributed by atoms with E-state index >= 15 is 0 Å². The molecule has 0 saturated carbocycles. The predicted molar refractivity (Wildman–Crippen MR) is 227 cm³/mol. The maximum atomic E-state index is 11.7. The predicted octanol–water partition coefficient (Wildman–Crippen LogP) is 13.0. The van der Waals surface area contributed by atoms with Crippen molar-refractivity contribution in [2.24, 2.45) is 10.8 Å². The fourth-order valence-electron chi connectivity index (χ4n) is 1.43. The number of ketones is 1. The number of carbonyl (C=O) groups excluding carboxylic acids is 2. The number of nitrogen functional groups attached to an aromatic ring is 1. The topological polar surface area (TPSA) is 85.9 Å². The van der Waals surface area contributed by atoms with E-state index in [2.05, 4.69) is 152 Å². The Morgan fingerprint density at radius 1 is 0.884 bits per heavy atom. The Hall–Kier alpha value is 2.78. The van der Waals surface area contributed by atoms with Crippen molar-refractivity contribution in [1.29, 1.82) is 0 Å². The van der Waals surface area contributed by atoms with E-state index in [-0.39, 0.29) is 52.8 Å². The molecule has 1 radical (unpaired) electrons. The summed E-state index contributed by atoms with van der Waals surface area (Å²) in [6.07, 6.45) is 7.19. The molecule has 14 heteroatoms. The molecule has 0 spiro atoms. The molecule has 0 bridgehead atoms. The van der Waals surface area contributed by atoms with Crippen LogP contribution in [-0.2, 0) is 39.5 Å². The van der Waals surface area contributed by atoms with Crippen LogP contribution in [0.2, 0.25) is 0 Å². The molecule has 0 saturated heterocycles. The Labute approximate surface area is 349 Å². The maximum Gasteiger partial charge on any atom is 0 e. The normalized spacial score (nSPS) is 9.23. The maximum absolute atomic E-state index is 11.7. The van der Waals surface area contributed by atoms with E-state index in [9.17, 15) is 9.59 Å². The fraction of sp³-hybridized carbons (Fsp3) is 0.517. The molecule has 0 fully saturated rings. The Morgan fingerprint density at radius 3 is 1.40 bits per heavy atom. The van der Waals surface area contributed by atoms with Gasteiger partial charge in [-0.15, -0.1) is 0 Å². The zero-order valence-corrected chi connectivity index (χ0v) is 41.3. The zero-order chi connectivity index (χ0) is 34.0. The molecule has 0 atom stereocenters. The number of hydrogen-bond donors (Lipinski definition) is 1. The van der Waals surface area contributed by atoms with Crippen molar-refractivity contribution in [3.8, 4) is 0 Å². The van der Waals surface area contributed by atoms with Crippen LogP contribution in [0.25, 0.3) is 0 Å². The number of anilines is 1. The van der Waals surface area contributed by atoms with Gasteiger partial charge in [0, 0.05) is 73.5 Å². The van der Waals surface area contributed by atoms with Gasteiger partial charge in [0.05, 0.1) is 5.69 Å². The molecule has 2 rings (SSSR count). The third-order valence-electron chi connectivity index (χ3n) is 3.28.